The van der Waals surface area contributed by atoms with Crippen molar-refractivity contribution < 1.29 is 28.7 Å². The topological polar surface area (TPSA) is 111 Å². The molecule has 0 bridgehead atoms. The van der Waals surface area contributed by atoms with Crippen LogP contribution in [0.4, 0.5) is 5.69 Å². The zero-order valence-corrected chi connectivity index (χ0v) is 12.2. The molecule has 0 fully saturated rings. The van der Waals surface area contributed by atoms with Crippen LogP contribution in [0.3, 0.4) is 0 Å². The largest absolute Gasteiger partial charge is 0.493 e. The number of anilines is 1. The maximum Gasteiger partial charge on any atom is 0.337 e. The summed E-state index contributed by atoms with van der Waals surface area (Å²) in [6.07, 6.45) is 1.26. The van der Waals surface area contributed by atoms with Gasteiger partial charge in [0.25, 0.3) is 5.91 Å². The molecule has 1 heterocycles. The maximum atomic E-state index is 12.1. The monoisotopic (exact) mass is 306 g/mol. The van der Waals surface area contributed by atoms with E-state index in [1.807, 2.05) is 0 Å². The average Bonchev–Trinajstić information content (AvgIpc) is 2.92. The Morgan fingerprint density at radius 2 is 1.82 bits per heavy atom. The van der Waals surface area contributed by atoms with Gasteiger partial charge in [-0.05, 0) is 6.92 Å². The van der Waals surface area contributed by atoms with E-state index in [9.17, 15) is 14.7 Å². The highest BCUT2D eigenvalue weighted by atomic mass is 16.5. The number of hydrogen-bond donors (Lipinski definition) is 2. The number of nitrogens with one attached hydrogen (secondary N) is 1. The van der Waals surface area contributed by atoms with Gasteiger partial charge in [-0.15, -0.1) is 0 Å². The average molecular weight is 306 g/mol. The van der Waals surface area contributed by atoms with E-state index < -0.39 is 11.9 Å². The molecule has 0 atom stereocenters. The van der Waals surface area contributed by atoms with Crippen molar-refractivity contribution >= 4 is 17.6 Å². The molecular weight excluding hydrogens is 292 g/mol. The van der Waals surface area contributed by atoms with Crippen molar-refractivity contribution in [3.63, 3.8) is 0 Å². The summed E-state index contributed by atoms with van der Waals surface area (Å²) < 4.78 is 15.0. The summed E-state index contributed by atoms with van der Waals surface area (Å²) in [7, 11) is 2.80. The van der Waals surface area contributed by atoms with Crippen molar-refractivity contribution in [2.24, 2.45) is 0 Å². The third-order valence-electron chi connectivity index (χ3n) is 3.00. The summed E-state index contributed by atoms with van der Waals surface area (Å²) in [6, 6.07) is 2.65. The third-order valence-corrected chi connectivity index (χ3v) is 3.00. The molecule has 0 unspecified atom stereocenters. The molecular formula is C14H14N2O6. The Morgan fingerprint density at radius 3 is 2.32 bits per heavy atom. The molecule has 0 aliphatic carbocycles. The van der Waals surface area contributed by atoms with Crippen LogP contribution in [-0.2, 0) is 0 Å². The first kappa shape index (κ1) is 15.4. The van der Waals surface area contributed by atoms with E-state index in [0.717, 1.165) is 0 Å². The Labute approximate surface area is 125 Å². The number of aromatic carboxylic acids is 1. The van der Waals surface area contributed by atoms with Gasteiger partial charge in [0.2, 0.25) is 0 Å². The number of aryl methyl sites for hydroxylation is 1. The molecule has 8 nitrogen and oxygen atoms in total. The Morgan fingerprint density at radius 1 is 1.18 bits per heavy atom. The van der Waals surface area contributed by atoms with Crippen LogP contribution in [0.25, 0.3) is 0 Å². The molecule has 2 aromatic rings. The summed E-state index contributed by atoms with van der Waals surface area (Å²) in [5, 5.41) is 15.3. The van der Waals surface area contributed by atoms with E-state index in [0.29, 0.717) is 11.5 Å². The minimum Gasteiger partial charge on any atom is -0.493 e. The van der Waals surface area contributed by atoms with Crippen molar-refractivity contribution in [1.82, 2.24) is 5.16 Å². The molecule has 0 saturated heterocycles. The fourth-order valence-electron chi connectivity index (χ4n) is 1.87. The van der Waals surface area contributed by atoms with Crippen molar-refractivity contribution in [3.05, 3.63) is 35.2 Å². The Bertz CT molecular complexity index is 722. The van der Waals surface area contributed by atoms with Gasteiger partial charge >= 0.3 is 5.97 Å². The molecule has 0 aliphatic heterocycles. The third kappa shape index (κ3) is 2.85. The van der Waals surface area contributed by atoms with Crippen LogP contribution < -0.4 is 14.8 Å². The number of carbonyl (C=O) groups is 2. The highest BCUT2D eigenvalue weighted by Gasteiger charge is 2.20. The summed E-state index contributed by atoms with van der Waals surface area (Å²) in [5.74, 6) is -0.870. The molecule has 1 amide bonds. The Hall–Kier alpha value is -3.03. The fourth-order valence-corrected chi connectivity index (χ4v) is 1.87. The smallest absolute Gasteiger partial charge is 0.337 e. The van der Waals surface area contributed by atoms with Gasteiger partial charge in [0.15, 0.2) is 11.5 Å². The Balaban J connectivity index is 2.43. The first-order valence-electron chi connectivity index (χ1n) is 6.19. The quantitative estimate of drug-likeness (QED) is 0.868. The number of benzene rings is 1. The molecule has 22 heavy (non-hydrogen) atoms. The van der Waals surface area contributed by atoms with Crippen molar-refractivity contribution in [2.45, 2.75) is 6.92 Å². The number of hydrogen-bond acceptors (Lipinski definition) is 6. The number of carbonyl (C=O) groups excluding carboxylic acids is 1. The van der Waals surface area contributed by atoms with Gasteiger partial charge < -0.3 is 24.4 Å². The molecule has 116 valence electrons. The number of aromatic nitrogens is 1. The molecule has 2 N–H and O–H groups in total. The van der Waals surface area contributed by atoms with Crippen molar-refractivity contribution in [2.75, 3.05) is 19.5 Å². The molecule has 0 aliphatic rings. The number of methoxy groups -OCH3 is 2. The lowest BCUT2D eigenvalue weighted by Gasteiger charge is -2.13. The van der Waals surface area contributed by atoms with E-state index in [1.54, 1.807) is 6.92 Å². The van der Waals surface area contributed by atoms with Gasteiger partial charge in [-0.1, -0.05) is 5.16 Å². The molecule has 0 spiro atoms. The SMILES string of the molecule is COc1cc(NC(=O)c2cnoc2C)c(C(=O)O)cc1OC. The normalized spacial score (nSPS) is 10.1. The molecule has 8 heteroatoms. The van der Waals surface area contributed by atoms with Crippen molar-refractivity contribution in [3.8, 4) is 11.5 Å². The number of carboxylic acid groups (broad SMARTS) is 1. The zero-order chi connectivity index (χ0) is 16.3. The first-order chi connectivity index (χ1) is 10.5. The number of amides is 1. The summed E-state index contributed by atoms with van der Waals surface area (Å²) >= 11 is 0. The minimum atomic E-state index is -1.21. The number of carboxylic acids is 1. The summed E-state index contributed by atoms with van der Waals surface area (Å²) in [5.41, 5.74) is 0.169. The van der Waals surface area contributed by atoms with E-state index in [2.05, 4.69) is 10.5 Å². The second kappa shape index (κ2) is 6.17. The standard InChI is InChI=1S/C14H14N2O6/c1-7-9(6-15-22-7)13(17)16-10-5-12(21-3)11(20-2)4-8(10)14(18)19/h4-6H,1-3H3,(H,16,17)(H,18,19). The lowest BCUT2D eigenvalue weighted by molar-refractivity contribution is 0.0697. The lowest BCUT2D eigenvalue weighted by Crippen LogP contribution is -2.15. The summed E-state index contributed by atoms with van der Waals surface area (Å²) in [6.45, 7) is 1.58. The maximum absolute atomic E-state index is 12.1. The second-order valence-electron chi connectivity index (χ2n) is 4.31. The summed E-state index contributed by atoms with van der Waals surface area (Å²) in [4.78, 5) is 23.5. The van der Waals surface area contributed by atoms with Crippen LogP contribution in [0.1, 0.15) is 26.5 Å². The van der Waals surface area contributed by atoms with Gasteiger partial charge in [0.1, 0.15) is 11.3 Å². The highest BCUT2D eigenvalue weighted by Crippen LogP contribution is 2.33. The predicted molar refractivity (Wildman–Crippen MR) is 75.7 cm³/mol. The lowest BCUT2D eigenvalue weighted by atomic mass is 10.1. The van der Waals surface area contributed by atoms with E-state index >= 15 is 0 Å². The number of rotatable bonds is 5. The highest BCUT2D eigenvalue weighted by molar-refractivity contribution is 6.08. The van der Waals surface area contributed by atoms with Gasteiger partial charge in [0.05, 0.1) is 31.7 Å². The van der Waals surface area contributed by atoms with Crippen LogP contribution in [0.2, 0.25) is 0 Å². The number of nitrogens with zero attached hydrogens (tertiary/aromatic N) is 1. The Kier molecular flexibility index (Phi) is 4.31. The minimum absolute atomic E-state index is 0.0794. The fraction of sp³-hybridized carbons (Fsp3) is 0.214. The zero-order valence-electron chi connectivity index (χ0n) is 12.2. The van der Waals surface area contributed by atoms with E-state index in [-0.39, 0.29) is 22.6 Å². The van der Waals surface area contributed by atoms with Crippen LogP contribution in [0.5, 0.6) is 11.5 Å². The van der Waals surface area contributed by atoms with Crippen LogP contribution in [-0.4, -0.2) is 36.4 Å². The molecule has 1 aromatic heterocycles. The second-order valence-corrected chi connectivity index (χ2v) is 4.31. The number of ether oxygens (including phenoxy) is 2. The van der Waals surface area contributed by atoms with Gasteiger partial charge in [-0.25, -0.2) is 4.79 Å². The van der Waals surface area contributed by atoms with E-state index in [1.165, 1.54) is 32.5 Å². The van der Waals surface area contributed by atoms with Crippen LogP contribution in [0, 0.1) is 6.92 Å². The van der Waals surface area contributed by atoms with Gasteiger partial charge in [-0.2, -0.15) is 0 Å². The predicted octanol–water partition coefficient (Wildman–Crippen LogP) is 1.95. The molecule has 0 saturated carbocycles. The van der Waals surface area contributed by atoms with Gasteiger partial charge in [-0.3, -0.25) is 4.79 Å². The van der Waals surface area contributed by atoms with Crippen molar-refractivity contribution in [1.29, 1.82) is 0 Å². The van der Waals surface area contributed by atoms with Gasteiger partial charge in [0, 0.05) is 12.1 Å². The van der Waals surface area contributed by atoms with E-state index in [4.69, 9.17) is 14.0 Å². The van der Waals surface area contributed by atoms with Crippen LogP contribution in [0.15, 0.2) is 22.9 Å². The molecule has 2 rings (SSSR count). The molecule has 0 radical (unpaired) electrons. The molecule has 1 aromatic carbocycles. The van der Waals surface area contributed by atoms with Crippen LogP contribution >= 0.6 is 0 Å². The first-order valence-corrected chi connectivity index (χ1v) is 6.19.